The van der Waals surface area contributed by atoms with Crippen LogP contribution in [-0.4, -0.2) is 25.8 Å². The minimum atomic E-state index is -0.158. The number of fused-ring (bicyclic) bond motifs is 1. The molecule has 2 heterocycles. The Balaban J connectivity index is 1.92. The summed E-state index contributed by atoms with van der Waals surface area (Å²) in [7, 11) is 0. The zero-order valence-electron chi connectivity index (χ0n) is 13.2. The summed E-state index contributed by atoms with van der Waals surface area (Å²) in [5.74, 6) is 0.447. The number of aromatic amines is 1. The van der Waals surface area contributed by atoms with Crippen molar-refractivity contribution in [2.75, 3.05) is 5.43 Å². The Hall–Kier alpha value is -2.54. The molecule has 0 aliphatic heterocycles. The Morgan fingerprint density at radius 1 is 1.30 bits per heavy atom. The first-order chi connectivity index (χ1) is 11.0. The highest BCUT2D eigenvalue weighted by Crippen LogP contribution is 2.22. The van der Waals surface area contributed by atoms with Crippen molar-refractivity contribution in [3.8, 4) is 0 Å². The molecule has 1 aromatic carbocycles. The summed E-state index contributed by atoms with van der Waals surface area (Å²) in [5.41, 5.74) is 6.59. The summed E-state index contributed by atoms with van der Waals surface area (Å²) in [5, 5.41) is 7.68. The molecule has 6 nitrogen and oxygen atoms in total. The molecule has 118 valence electrons. The van der Waals surface area contributed by atoms with Crippen molar-refractivity contribution in [2.24, 2.45) is 0 Å². The molecule has 7 heteroatoms. The van der Waals surface area contributed by atoms with Crippen molar-refractivity contribution in [2.45, 2.75) is 27.2 Å². The van der Waals surface area contributed by atoms with E-state index in [2.05, 4.69) is 20.6 Å². The van der Waals surface area contributed by atoms with Gasteiger partial charge in [-0.3, -0.25) is 20.3 Å². The van der Waals surface area contributed by atoms with Crippen LogP contribution < -0.4 is 5.43 Å². The minimum absolute atomic E-state index is 0.158. The van der Waals surface area contributed by atoms with E-state index in [1.807, 2.05) is 38.1 Å². The molecule has 1 amide bonds. The van der Waals surface area contributed by atoms with Crippen molar-refractivity contribution in [1.29, 1.82) is 0 Å². The molecule has 3 aromatic rings. The lowest BCUT2D eigenvalue weighted by Gasteiger charge is -2.13. The van der Waals surface area contributed by atoms with E-state index >= 15 is 0 Å². The Kier molecular flexibility index (Phi) is 3.96. The number of carbonyl (C=O) groups is 1. The molecule has 0 radical (unpaired) electrons. The Labute approximate surface area is 138 Å². The number of nitrogens with zero attached hydrogens (tertiary/aromatic N) is 3. The first-order valence-electron chi connectivity index (χ1n) is 7.26. The van der Waals surface area contributed by atoms with Gasteiger partial charge in [0.1, 0.15) is 5.82 Å². The molecular weight excluding hydrogens is 310 g/mol. The predicted octanol–water partition coefficient (Wildman–Crippen LogP) is 2.73. The van der Waals surface area contributed by atoms with Crippen LogP contribution in [0.5, 0.6) is 0 Å². The van der Waals surface area contributed by atoms with E-state index in [4.69, 9.17) is 12.2 Å². The largest absolute Gasteiger partial charge is 0.273 e. The second-order valence-electron chi connectivity index (χ2n) is 5.44. The maximum absolute atomic E-state index is 12.4. The van der Waals surface area contributed by atoms with E-state index < -0.39 is 0 Å². The molecule has 0 fully saturated rings. The van der Waals surface area contributed by atoms with Crippen LogP contribution in [0.15, 0.2) is 24.3 Å². The fourth-order valence-corrected chi connectivity index (χ4v) is 2.89. The SMILES string of the molecule is Cc1nc2ccccc2c(C)c1CC(=O)Nn1c(C)n[nH]c1=S. The van der Waals surface area contributed by atoms with Crippen molar-refractivity contribution in [3.05, 3.63) is 51.7 Å². The Bertz CT molecular complexity index is 957. The van der Waals surface area contributed by atoms with E-state index in [0.717, 1.165) is 27.7 Å². The summed E-state index contributed by atoms with van der Waals surface area (Å²) in [6.45, 7) is 5.71. The van der Waals surface area contributed by atoms with Gasteiger partial charge in [0.25, 0.3) is 0 Å². The molecule has 0 saturated carbocycles. The third-order valence-corrected chi connectivity index (χ3v) is 4.17. The maximum atomic E-state index is 12.4. The number of hydrogen-bond donors (Lipinski definition) is 2. The van der Waals surface area contributed by atoms with Gasteiger partial charge in [-0.1, -0.05) is 18.2 Å². The number of amides is 1. The number of aromatic nitrogens is 4. The van der Waals surface area contributed by atoms with Crippen LogP contribution in [0.25, 0.3) is 10.9 Å². The van der Waals surface area contributed by atoms with E-state index in [9.17, 15) is 4.79 Å². The van der Waals surface area contributed by atoms with Gasteiger partial charge in [0.05, 0.1) is 11.9 Å². The normalized spacial score (nSPS) is 10.9. The fraction of sp³-hybridized carbons (Fsp3) is 0.250. The average Bonchev–Trinajstić information content (AvgIpc) is 2.83. The van der Waals surface area contributed by atoms with Gasteiger partial charge >= 0.3 is 0 Å². The highest BCUT2D eigenvalue weighted by molar-refractivity contribution is 7.71. The van der Waals surface area contributed by atoms with Crippen LogP contribution in [0.1, 0.15) is 22.6 Å². The third kappa shape index (κ3) is 2.87. The lowest BCUT2D eigenvalue weighted by molar-refractivity contribution is -0.116. The van der Waals surface area contributed by atoms with Crippen molar-refractivity contribution in [3.63, 3.8) is 0 Å². The number of aryl methyl sites for hydroxylation is 3. The topological polar surface area (TPSA) is 75.6 Å². The first kappa shape index (κ1) is 15.4. The van der Waals surface area contributed by atoms with Gasteiger partial charge in [0.15, 0.2) is 0 Å². The first-order valence-corrected chi connectivity index (χ1v) is 7.67. The molecule has 0 aliphatic rings. The summed E-state index contributed by atoms with van der Waals surface area (Å²) >= 11 is 5.09. The Morgan fingerprint density at radius 3 is 2.74 bits per heavy atom. The van der Waals surface area contributed by atoms with Crippen LogP contribution in [0.4, 0.5) is 0 Å². The van der Waals surface area contributed by atoms with Crippen LogP contribution in [0.3, 0.4) is 0 Å². The number of nitrogens with one attached hydrogen (secondary N) is 2. The number of pyridine rings is 1. The second-order valence-corrected chi connectivity index (χ2v) is 5.83. The number of H-pyrrole nitrogens is 1. The van der Waals surface area contributed by atoms with Gasteiger partial charge < -0.3 is 0 Å². The van der Waals surface area contributed by atoms with E-state index in [-0.39, 0.29) is 12.3 Å². The quantitative estimate of drug-likeness (QED) is 0.725. The summed E-state index contributed by atoms with van der Waals surface area (Å²) in [6.07, 6.45) is 0.238. The third-order valence-electron chi connectivity index (χ3n) is 3.90. The highest BCUT2D eigenvalue weighted by Gasteiger charge is 2.14. The average molecular weight is 327 g/mol. The van der Waals surface area contributed by atoms with Gasteiger partial charge in [-0.25, -0.2) is 4.68 Å². The summed E-state index contributed by atoms with van der Waals surface area (Å²) in [6, 6.07) is 7.94. The molecule has 0 atom stereocenters. The van der Waals surface area contributed by atoms with E-state index in [1.165, 1.54) is 4.68 Å². The lowest BCUT2D eigenvalue weighted by Crippen LogP contribution is -2.26. The molecule has 0 aliphatic carbocycles. The van der Waals surface area contributed by atoms with E-state index in [0.29, 0.717) is 10.6 Å². The van der Waals surface area contributed by atoms with Crippen molar-refractivity contribution < 1.29 is 4.79 Å². The molecule has 0 unspecified atom stereocenters. The zero-order chi connectivity index (χ0) is 16.6. The molecule has 2 aromatic heterocycles. The van der Waals surface area contributed by atoms with Crippen LogP contribution in [0.2, 0.25) is 0 Å². The maximum Gasteiger partial charge on any atom is 0.243 e. The molecule has 23 heavy (non-hydrogen) atoms. The second kappa shape index (κ2) is 5.92. The zero-order valence-corrected chi connectivity index (χ0v) is 14.0. The molecular formula is C16H17N5OS. The molecule has 0 spiro atoms. The van der Waals surface area contributed by atoms with Crippen LogP contribution in [-0.2, 0) is 11.2 Å². The van der Waals surface area contributed by atoms with E-state index in [1.54, 1.807) is 6.92 Å². The van der Waals surface area contributed by atoms with Crippen molar-refractivity contribution in [1.82, 2.24) is 19.9 Å². The number of carbonyl (C=O) groups excluding carboxylic acids is 1. The van der Waals surface area contributed by atoms with Gasteiger partial charge in [-0.2, -0.15) is 5.10 Å². The predicted molar refractivity (Wildman–Crippen MR) is 91.4 cm³/mol. The lowest BCUT2D eigenvalue weighted by atomic mass is 9.99. The number of hydrogen-bond acceptors (Lipinski definition) is 4. The molecule has 2 N–H and O–H groups in total. The summed E-state index contributed by atoms with van der Waals surface area (Å²) < 4.78 is 1.83. The highest BCUT2D eigenvalue weighted by atomic mass is 32.1. The van der Waals surface area contributed by atoms with Gasteiger partial charge in [0.2, 0.25) is 10.7 Å². The van der Waals surface area contributed by atoms with Gasteiger partial charge in [-0.15, -0.1) is 0 Å². The summed E-state index contributed by atoms with van der Waals surface area (Å²) in [4.78, 5) is 17.0. The van der Waals surface area contributed by atoms with Crippen LogP contribution >= 0.6 is 12.2 Å². The standard InChI is InChI=1S/C16H17N5OS/c1-9-12-6-4-5-7-14(12)17-10(2)13(9)8-15(22)20-21-11(3)18-19-16(21)23/h4-7H,8H2,1-3H3,(H,19,23)(H,20,22). The monoisotopic (exact) mass is 327 g/mol. The molecule has 0 bridgehead atoms. The fourth-order valence-electron chi connectivity index (χ4n) is 2.66. The molecule has 3 rings (SSSR count). The molecule has 0 saturated heterocycles. The van der Waals surface area contributed by atoms with Gasteiger partial charge in [-0.05, 0) is 50.2 Å². The minimum Gasteiger partial charge on any atom is -0.273 e. The van der Waals surface area contributed by atoms with Crippen molar-refractivity contribution >= 4 is 29.0 Å². The number of benzene rings is 1. The number of para-hydroxylation sites is 1. The Morgan fingerprint density at radius 2 is 2.04 bits per heavy atom. The number of rotatable bonds is 3. The van der Waals surface area contributed by atoms with Gasteiger partial charge in [0, 0.05) is 11.1 Å². The van der Waals surface area contributed by atoms with Crippen LogP contribution in [0, 0.1) is 25.5 Å². The smallest absolute Gasteiger partial charge is 0.243 e.